The maximum Gasteiger partial charge on any atom is 0.222 e. The van der Waals surface area contributed by atoms with E-state index in [0.717, 1.165) is 18.7 Å². The minimum absolute atomic E-state index is 0.219. The van der Waals surface area contributed by atoms with Crippen LogP contribution in [0.15, 0.2) is 6.20 Å². The van der Waals surface area contributed by atoms with E-state index in [1.165, 1.54) is 0 Å². The lowest BCUT2D eigenvalue weighted by Gasteiger charge is -2.09. The van der Waals surface area contributed by atoms with Gasteiger partial charge in [0.25, 0.3) is 0 Å². The van der Waals surface area contributed by atoms with Crippen LogP contribution in [0.3, 0.4) is 0 Å². The molecule has 0 aromatic carbocycles. The van der Waals surface area contributed by atoms with Gasteiger partial charge < -0.3 is 10.6 Å². The molecule has 0 aliphatic carbocycles. The summed E-state index contributed by atoms with van der Waals surface area (Å²) in [5, 5.41) is 4.19. The Bertz CT molecular complexity index is 365. The van der Waals surface area contributed by atoms with Crippen LogP contribution in [0.1, 0.15) is 12.0 Å². The van der Waals surface area contributed by atoms with Gasteiger partial charge in [0.15, 0.2) is 0 Å². The van der Waals surface area contributed by atoms with E-state index < -0.39 is 0 Å². The lowest BCUT2D eigenvalue weighted by atomic mass is 10.1. The van der Waals surface area contributed by atoms with Crippen molar-refractivity contribution in [3.8, 4) is 0 Å². The molecule has 15 heavy (non-hydrogen) atoms. The number of hydrogen-bond acceptors (Lipinski definition) is 3. The number of aryl methyl sites for hydroxylation is 1. The van der Waals surface area contributed by atoms with Crippen molar-refractivity contribution >= 4 is 11.7 Å². The van der Waals surface area contributed by atoms with Crippen molar-refractivity contribution in [2.24, 2.45) is 5.92 Å². The van der Waals surface area contributed by atoms with Crippen molar-refractivity contribution in [2.75, 3.05) is 19.3 Å². The first kappa shape index (κ1) is 10.0. The van der Waals surface area contributed by atoms with Gasteiger partial charge >= 0.3 is 0 Å². The molecular formula is C10H16N4O. The highest BCUT2D eigenvalue weighted by Crippen LogP contribution is 2.18. The molecule has 1 unspecified atom stereocenters. The topological polar surface area (TPSA) is 64.2 Å². The van der Waals surface area contributed by atoms with E-state index >= 15 is 0 Å². The number of likely N-dealkylation sites (tertiary alicyclic amines) is 1. The SMILES string of the molecule is Cc1cn(CC2CC(=O)N(C)C2)nc1N. The Hall–Kier alpha value is -1.52. The van der Waals surface area contributed by atoms with Crippen molar-refractivity contribution < 1.29 is 4.79 Å². The van der Waals surface area contributed by atoms with Crippen molar-refractivity contribution in [2.45, 2.75) is 19.9 Å². The van der Waals surface area contributed by atoms with Crippen LogP contribution in [0.2, 0.25) is 0 Å². The first-order valence-corrected chi connectivity index (χ1v) is 5.09. The molecule has 1 amide bonds. The molecule has 2 heterocycles. The van der Waals surface area contributed by atoms with Crippen molar-refractivity contribution in [3.63, 3.8) is 0 Å². The van der Waals surface area contributed by atoms with Crippen LogP contribution >= 0.6 is 0 Å². The largest absolute Gasteiger partial charge is 0.382 e. The molecule has 1 fully saturated rings. The van der Waals surface area contributed by atoms with Gasteiger partial charge in [0.2, 0.25) is 5.91 Å². The monoisotopic (exact) mass is 208 g/mol. The van der Waals surface area contributed by atoms with E-state index in [4.69, 9.17) is 5.73 Å². The molecule has 0 saturated carbocycles. The van der Waals surface area contributed by atoms with Crippen LogP contribution in [0.25, 0.3) is 0 Å². The number of aromatic nitrogens is 2. The Labute approximate surface area is 88.8 Å². The Balaban J connectivity index is 2.01. The molecule has 1 atom stereocenters. The first-order chi connectivity index (χ1) is 7.06. The number of nitrogen functional groups attached to an aromatic ring is 1. The molecule has 1 aromatic rings. The van der Waals surface area contributed by atoms with Gasteiger partial charge in [-0.2, -0.15) is 5.10 Å². The fourth-order valence-electron chi connectivity index (χ4n) is 1.97. The normalized spacial score (nSPS) is 21.3. The standard InChI is InChI=1S/C10H16N4O/c1-7-4-14(12-10(7)11)6-8-3-9(15)13(2)5-8/h4,8H,3,5-6H2,1-2H3,(H2,11,12). The average molecular weight is 208 g/mol. The highest BCUT2D eigenvalue weighted by molar-refractivity contribution is 5.78. The van der Waals surface area contributed by atoms with Gasteiger partial charge in [-0.3, -0.25) is 9.48 Å². The Morgan fingerprint density at radius 3 is 2.87 bits per heavy atom. The number of anilines is 1. The molecule has 1 aliphatic rings. The molecule has 1 saturated heterocycles. The van der Waals surface area contributed by atoms with Crippen LogP contribution in [0.4, 0.5) is 5.82 Å². The summed E-state index contributed by atoms with van der Waals surface area (Å²) in [6, 6.07) is 0. The van der Waals surface area contributed by atoms with Crippen LogP contribution in [-0.2, 0) is 11.3 Å². The number of nitrogens with zero attached hydrogens (tertiary/aromatic N) is 3. The number of carbonyl (C=O) groups excluding carboxylic acids is 1. The summed E-state index contributed by atoms with van der Waals surface area (Å²) in [6.07, 6.45) is 2.55. The number of rotatable bonds is 2. The van der Waals surface area contributed by atoms with Crippen LogP contribution in [-0.4, -0.2) is 34.2 Å². The molecule has 2 rings (SSSR count). The molecule has 2 N–H and O–H groups in total. The third-order valence-electron chi connectivity index (χ3n) is 2.85. The highest BCUT2D eigenvalue weighted by atomic mass is 16.2. The molecule has 0 radical (unpaired) electrons. The quantitative estimate of drug-likeness (QED) is 0.757. The fourth-order valence-corrected chi connectivity index (χ4v) is 1.97. The lowest BCUT2D eigenvalue weighted by molar-refractivity contribution is -0.126. The molecular weight excluding hydrogens is 192 g/mol. The molecule has 0 bridgehead atoms. The van der Waals surface area contributed by atoms with E-state index in [2.05, 4.69) is 5.10 Å². The van der Waals surface area contributed by atoms with Gasteiger partial charge in [-0.15, -0.1) is 0 Å². The molecule has 1 aromatic heterocycles. The smallest absolute Gasteiger partial charge is 0.222 e. The summed E-state index contributed by atoms with van der Waals surface area (Å²) in [5.41, 5.74) is 6.65. The predicted molar refractivity (Wildman–Crippen MR) is 57.1 cm³/mol. The van der Waals surface area contributed by atoms with Gasteiger partial charge in [-0.25, -0.2) is 0 Å². The summed E-state index contributed by atoms with van der Waals surface area (Å²) in [7, 11) is 1.84. The maximum atomic E-state index is 11.3. The number of amides is 1. The zero-order valence-corrected chi connectivity index (χ0v) is 9.10. The molecule has 82 valence electrons. The Morgan fingerprint density at radius 1 is 1.67 bits per heavy atom. The zero-order valence-electron chi connectivity index (χ0n) is 9.10. The van der Waals surface area contributed by atoms with Gasteiger partial charge in [0.1, 0.15) is 5.82 Å². The molecule has 5 heteroatoms. The average Bonchev–Trinajstić information content (AvgIpc) is 2.59. The summed E-state index contributed by atoms with van der Waals surface area (Å²) in [6.45, 7) is 3.52. The van der Waals surface area contributed by atoms with E-state index in [1.807, 2.05) is 24.9 Å². The van der Waals surface area contributed by atoms with Crippen molar-refractivity contribution in [3.05, 3.63) is 11.8 Å². The van der Waals surface area contributed by atoms with Gasteiger partial charge in [-0.1, -0.05) is 0 Å². The second-order valence-corrected chi connectivity index (χ2v) is 4.26. The Morgan fingerprint density at radius 2 is 2.40 bits per heavy atom. The maximum absolute atomic E-state index is 11.3. The third-order valence-corrected chi connectivity index (χ3v) is 2.85. The molecule has 1 aliphatic heterocycles. The summed E-state index contributed by atoms with van der Waals surface area (Å²) >= 11 is 0. The van der Waals surface area contributed by atoms with E-state index in [0.29, 0.717) is 18.2 Å². The second-order valence-electron chi connectivity index (χ2n) is 4.26. The Kier molecular flexibility index (Phi) is 2.38. The lowest BCUT2D eigenvalue weighted by Crippen LogP contribution is -2.20. The van der Waals surface area contributed by atoms with E-state index in [9.17, 15) is 4.79 Å². The van der Waals surface area contributed by atoms with Crippen LogP contribution < -0.4 is 5.73 Å². The van der Waals surface area contributed by atoms with Crippen LogP contribution in [0.5, 0.6) is 0 Å². The van der Waals surface area contributed by atoms with Crippen LogP contribution in [0, 0.1) is 12.8 Å². The van der Waals surface area contributed by atoms with Gasteiger partial charge in [0, 0.05) is 44.2 Å². The first-order valence-electron chi connectivity index (χ1n) is 5.09. The zero-order chi connectivity index (χ0) is 11.0. The summed E-state index contributed by atoms with van der Waals surface area (Å²) in [4.78, 5) is 13.1. The highest BCUT2D eigenvalue weighted by Gasteiger charge is 2.27. The predicted octanol–water partition coefficient (Wildman–Crippen LogP) is 0.252. The fraction of sp³-hybridized carbons (Fsp3) is 0.600. The third kappa shape index (κ3) is 1.95. The summed E-state index contributed by atoms with van der Waals surface area (Å²) < 4.78 is 1.84. The molecule has 0 spiro atoms. The van der Waals surface area contributed by atoms with E-state index in [1.54, 1.807) is 4.90 Å². The molecule has 5 nitrogen and oxygen atoms in total. The minimum Gasteiger partial charge on any atom is -0.382 e. The number of hydrogen-bond donors (Lipinski definition) is 1. The van der Waals surface area contributed by atoms with Gasteiger partial charge in [-0.05, 0) is 6.92 Å². The number of nitrogens with two attached hydrogens (primary N) is 1. The summed E-state index contributed by atoms with van der Waals surface area (Å²) in [5.74, 6) is 1.16. The van der Waals surface area contributed by atoms with E-state index in [-0.39, 0.29) is 5.91 Å². The van der Waals surface area contributed by atoms with Crippen molar-refractivity contribution in [1.82, 2.24) is 14.7 Å². The second kappa shape index (κ2) is 3.56. The number of carbonyl (C=O) groups is 1. The minimum atomic E-state index is 0.219. The van der Waals surface area contributed by atoms with Gasteiger partial charge in [0.05, 0.1) is 0 Å². The van der Waals surface area contributed by atoms with Crippen molar-refractivity contribution in [1.29, 1.82) is 0 Å².